The fourth-order valence-electron chi connectivity index (χ4n) is 1.57. The lowest BCUT2D eigenvalue weighted by molar-refractivity contribution is -0.137. The molecule has 0 aromatic heterocycles. The average Bonchev–Trinajstić information content (AvgIpc) is 2.39. The van der Waals surface area contributed by atoms with E-state index >= 15 is 0 Å². The van der Waals surface area contributed by atoms with Gasteiger partial charge in [-0.25, -0.2) is 4.79 Å². The zero-order valence-electron chi connectivity index (χ0n) is 11.0. The predicted octanol–water partition coefficient (Wildman–Crippen LogP) is 2.65. The number of benzene rings is 1. The normalized spacial score (nSPS) is 10.2. The molecule has 0 bridgehead atoms. The summed E-state index contributed by atoms with van der Waals surface area (Å²) in [7, 11) is 1.54. The van der Waals surface area contributed by atoms with Crippen molar-refractivity contribution >= 4 is 35.2 Å². The summed E-state index contributed by atoms with van der Waals surface area (Å²) in [5, 5.41) is 12.4. The van der Waals surface area contributed by atoms with E-state index in [0.29, 0.717) is 23.0 Å². The van der Waals surface area contributed by atoms with Gasteiger partial charge in [-0.1, -0.05) is 29.3 Å². The molecule has 0 saturated heterocycles. The number of nitrogens with zero attached hydrogens (tertiary/aromatic N) is 1. The second-order valence-electron chi connectivity index (χ2n) is 4.25. The van der Waals surface area contributed by atoms with Crippen molar-refractivity contribution in [2.24, 2.45) is 0 Å². The second-order valence-corrected chi connectivity index (χ2v) is 5.06. The zero-order chi connectivity index (χ0) is 15.1. The van der Waals surface area contributed by atoms with E-state index in [2.05, 4.69) is 5.32 Å². The van der Waals surface area contributed by atoms with Crippen molar-refractivity contribution in [3.8, 4) is 0 Å². The molecule has 2 amide bonds. The first-order valence-electron chi connectivity index (χ1n) is 6.05. The number of aliphatic carboxylic acids is 1. The van der Waals surface area contributed by atoms with Crippen molar-refractivity contribution in [3.05, 3.63) is 33.8 Å². The van der Waals surface area contributed by atoms with Crippen LogP contribution in [0.1, 0.15) is 12.0 Å². The maximum absolute atomic E-state index is 11.7. The molecule has 0 unspecified atom stereocenters. The maximum Gasteiger partial charge on any atom is 0.317 e. The topological polar surface area (TPSA) is 69.6 Å². The Labute approximate surface area is 127 Å². The number of halogens is 2. The van der Waals surface area contributed by atoms with Gasteiger partial charge in [0.05, 0.1) is 6.42 Å². The van der Waals surface area contributed by atoms with E-state index in [0.717, 1.165) is 5.56 Å². The van der Waals surface area contributed by atoms with E-state index in [-0.39, 0.29) is 19.0 Å². The Morgan fingerprint density at radius 3 is 2.45 bits per heavy atom. The summed E-state index contributed by atoms with van der Waals surface area (Å²) in [6.45, 7) is 0.535. The largest absolute Gasteiger partial charge is 0.481 e. The third kappa shape index (κ3) is 5.27. The van der Waals surface area contributed by atoms with Crippen LogP contribution in [-0.4, -0.2) is 42.1 Å². The molecule has 0 aliphatic carbocycles. The molecule has 2 N–H and O–H groups in total. The smallest absolute Gasteiger partial charge is 0.317 e. The van der Waals surface area contributed by atoms with Gasteiger partial charge in [-0.05, 0) is 24.1 Å². The molecular weight excluding hydrogens is 303 g/mol. The van der Waals surface area contributed by atoms with Gasteiger partial charge in [0.2, 0.25) is 0 Å². The van der Waals surface area contributed by atoms with E-state index < -0.39 is 5.97 Å². The van der Waals surface area contributed by atoms with Gasteiger partial charge in [0, 0.05) is 30.2 Å². The van der Waals surface area contributed by atoms with E-state index in [9.17, 15) is 9.59 Å². The highest BCUT2D eigenvalue weighted by molar-refractivity contribution is 6.35. The molecule has 5 nitrogen and oxygen atoms in total. The standard InChI is InChI=1S/C13H16Cl2N2O3/c1-17(8-6-12(18)19)13(20)16-7-5-9-10(14)3-2-4-11(9)15/h2-4H,5-8H2,1H3,(H,16,20)(H,18,19). The minimum atomic E-state index is -0.938. The number of nitrogens with one attached hydrogen (secondary N) is 1. The molecule has 0 saturated carbocycles. The number of hydrogen-bond donors (Lipinski definition) is 2. The maximum atomic E-state index is 11.7. The molecule has 0 aliphatic heterocycles. The number of amides is 2. The van der Waals surface area contributed by atoms with Crippen molar-refractivity contribution in [1.29, 1.82) is 0 Å². The molecule has 20 heavy (non-hydrogen) atoms. The summed E-state index contributed by atoms with van der Waals surface area (Å²) < 4.78 is 0. The Hall–Kier alpha value is -1.46. The minimum Gasteiger partial charge on any atom is -0.481 e. The zero-order valence-corrected chi connectivity index (χ0v) is 12.5. The fourth-order valence-corrected chi connectivity index (χ4v) is 2.15. The summed E-state index contributed by atoms with van der Waals surface area (Å²) in [5.41, 5.74) is 0.782. The molecule has 1 aromatic carbocycles. The molecule has 0 radical (unpaired) electrons. The van der Waals surface area contributed by atoms with Crippen molar-refractivity contribution in [2.45, 2.75) is 12.8 Å². The third-order valence-electron chi connectivity index (χ3n) is 2.72. The fraction of sp³-hybridized carbons (Fsp3) is 0.385. The van der Waals surface area contributed by atoms with Crippen LogP contribution >= 0.6 is 23.2 Å². The van der Waals surface area contributed by atoms with Crippen molar-refractivity contribution in [3.63, 3.8) is 0 Å². The second kappa shape index (κ2) is 7.97. The molecule has 0 aliphatic rings. The van der Waals surface area contributed by atoms with Crippen molar-refractivity contribution in [1.82, 2.24) is 10.2 Å². The van der Waals surface area contributed by atoms with Gasteiger partial charge < -0.3 is 15.3 Å². The van der Waals surface area contributed by atoms with Crippen LogP contribution in [0.2, 0.25) is 10.0 Å². The minimum absolute atomic E-state index is 0.0831. The molecule has 0 spiro atoms. The van der Waals surface area contributed by atoms with E-state index in [1.165, 1.54) is 4.90 Å². The number of hydrogen-bond acceptors (Lipinski definition) is 2. The van der Waals surface area contributed by atoms with Gasteiger partial charge in [-0.15, -0.1) is 0 Å². The summed E-state index contributed by atoms with van der Waals surface area (Å²) in [6, 6.07) is 4.91. The number of carbonyl (C=O) groups excluding carboxylic acids is 1. The van der Waals surface area contributed by atoms with Crippen molar-refractivity contribution < 1.29 is 14.7 Å². The number of carboxylic acid groups (broad SMARTS) is 1. The highest BCUT2D eigenvalue weighted by Gasteiger charge is 2.10. The number of carbonyl (C=O) groups is 2. The quantitative estimate of drug-likeness (QED) is 0.847. The van der Waals surface area contributed by atoms with Crippen LogP contribution in [0.3, 0.4) is 0 Å². The van der Waals surface area contributed by atoms with Crippen LogP contribution in [0.15, 0.2) is 18.2 Å². The molecule has 0 heterocycles. The average molecular weight is 319 g/mol. The van der Waals surface area contributed by atoms with E-state index in [1.54, 1.807) is 25.2 Å². The molecular formula is C13H16Cl2N2O3. The van der Waals surface area contributed by atoms with Gasteiger partial charge in [-0.3, -0.25) is 4.79 Å². The molecule has 110 valence electrons. The van der Waals surface area contributed by atoms with Crippen LogP contribution in [-0.2, 0) is 11.2 Å². The van der Waals surface area contributed by atoms with Crippen LogP contribution < -0.4 is 5.32 Å². The van der Waals surface area contributed by atoms with Crippen LogP contribution in [0, 0.1) is 0 Å². The molecule has 1 rings (SSSR count). The SMILES string of the molecule is CN(CCC(=O)O)C(=O)NCCc1c(Cl)cccc1Cl. The Morgan fingerprint density at radius 2 is 1.90 bits per heavy atom. The first kappa shape index (κ1) is 16.6. The lowest BCUT2D eigenvalue weighted by Crippen LogP contribution is -2.39. The van der Waals surface area contributed by atoms with Crippen LogP contribution in [0.4, 0.5) is 4.79 Å². The number of carboxylic acids is 1. The van der Waals surface area contributed by atoms with Gasteiger partial charge in [-0.2, -0.15) is 0 Å². The Kier molecular flexibility index (Phi) is 6.61. The number of rotatable bonds is 6. The highest BCUT2D eigenvalue weighted by atomic mass is 35.5. The van der Waals surface area contributed by atoms with Gasteiger partial charge in [0.1, 0.15) is 0 Å². The molecule has 7 heteroatoms. The molecule has 0 fully saturated rings. The predicted molar refractivity (Wildman–Crippen MR) is 78.4 cm³/mol. The lowest BCUT2D eigenvalue weighted by Gasteiger charge is -2.17. The van der Waals surface area contributed by atoms with Gasteiger partial charge in [0.25, 0.3) is 0 Å². The van der Waals surface area contributed by atoms with Crippen LogP contribution in [0.5, 0.6) is 0 Å². The summed E-state index contributed by atoms with van der Waals surface area (Å²) >= 11 is 12.0. The summed E-state index contributed by atoms with van der Waals surface area (Å²) in [5.74, 6) is -0.938. The first-order chi connectivity index (χ1) is 9.41. The summed E-state index contributed by atoms with van der Waals surface area (Å²) in [4.78, 5) is 23.4. The number of urea groups is 1. The van der Waals surface area contributed by atoms with E-state index in [4.69, 9.17) is 28.3 Å². The summed E-state index contributed by atoms with van der Waals surface area (Å²) in [6.07, 6.45) is 0.428. The molecule has 0 atom stereocenters. The van der Waals surface area contributed by atoms with Gasteiger partial charge in [0.15, 0.2) is 0 Å². The molecule has 1 aromatic rings. The monoisotopic (exact) mass is 318 g/mol. The first-order valence-corrected chi connectivity index (χ1v) is 6.81. The van der Waals surface area contributed by atoms with Crippen LogP contribution in [0.25, 0.3) is 0 Å². The van der Waals surface area contributed by atoms with Crippen molar-refractivity contribution in [2.75, 3.05) is 20.1 Å². The Balaban J connectivity index is 2.40. The van der Waals surface area contributed by atoms with E-state index in [1.807, 2.05) is 0 Å². The Bertz CT molecular complexity index is 474. The third-order valence-corrected chi connectivity index (χ3v) is 3.43. The Morgan fingerprint density at radius 1 is 1.30 bits per heavy atom. The van der Waals surface area contributed by atoms with Gasteiger partial charge >= 0.3 is 12.0 Å². The lowest BCUT2D eigenvalue weighted by atomic mass is 10.1. The highest BCUT2D eigenvalue weighted by Crippen LogP contribution is 2.24.